The van der Waals surface area contributed by atoms with Crippen molar-refractivity contribution in [3.05, 3.63) is 144 Å². The van der Waals surface area contributed by atoms with Crippen LogP contribution >= 0.6 is 11.8 Å². The fraction of sp³-hybridized carbons (Fsp3) is 0.200. The Hall–Kier alpha value is -2.77. The fourth-order valence-corrected chi connectivity index (χ4v) is 5.31. The van der Waals surface area contributed by atoms with E-state index >= 15 is 0 Å². The first-order valence-electron chi connectivity index (χ1n) is 11.2. The van der Waals surface area contributed by atoms with Gasteiger partial charge in [0.05, 0.1) is 0 Å². The fourth-order valence-electron chi connectivity index (χ4n) is 4.30. The molecular weight excluding hydrogens is 392 g/mol. The maximum atomic E-state index is 2.27. The summed E-state index contributed by atoms with van der Waals surface area (Å²) in [7, 11) is 0. The van der Waals surface area contributed by atoms with Crippen LogP contribution in [0.3, 0.4) is 0 Å². The molecule has 156 valence electrons. The summed E-state index contributed by atoms with van der Waals surface area (Å²) in [6.45, 7) is 0. The lowest BCUT2D eigenvalue weighted by Gasteiger charge is -2.20. The number of hydrogen-bond acceptors (Lipinski definition) is 1. The lowest BCUT2D eigenvalue weighted by Crippen LogP contribution is -2.05. The molecule has 0 spiro atoms. The Morgan fingerprint density at radius 3 is 0.903 bits per heavy atom. The van der Waals surface area contributed by atoms with Gasteiger partial charge < -0.3 is 0 Å². The van der Waals surface area contributed by atoms with Crippen molar-refractivity contribution in [2.45, 2.75) is 24.7 Å². The molecule has 0 aliphatic rings. The Labute approximate surface area is 191 Å². The lowest BCUT2D eigenvalue weighted by atomic mass is 9.89. The average Bonchev–Trinajstić information content (AvgIpc) is 2.86. The Kier molecular flexibility index (Phi) is 8.01. The second-order valence-corrected chi connectivity index (χ2v) is 9.16. The van der Waals surface area contributed by atoms with E-state index in [0.717, 1.165) is 0 Å². The van der Waals surface area contributed by atoms with Gasteiger partial charge in [-0.3, -0.25) is 0 Å². The van der Waals surface area contributed by atoms with Gasteiger partial charge in [-0.15, -0.1) is 0 Å². The van der Waals surface area contributed by atoms with E-state index < -0.39 is 0 Å². The highest BCUT2D eigenvalue weighted by atomic mass is 32.2. The molecule has 0 heterocycles. The van der Waals surface area contributed by atoms with Gasteiger partial charge in [-0.05, 0) is 46.6 Å². The summed E-state index contributed by atoms with van der Waals surface area (Å²) in [6, 6.07) is 43.8. The molecule has 0 radical (unpaired) electrons. The SMILES string of the molecule is c1ccc(C(CCSCCC(c2ccccc2)c2ccccc2)c2ccccc2)cc1. The quantitative estimate of drug-likeness (QED) is 0.232. The van der Waals surface area contributed by atoms with Gasteiger partial charge in [-0.2, -0.15) is 11.8 Å². The van der Waals surface area contributed by atoms with E-state index in [1.54, 1.807) is 0 Å². The zero-order valence-electron chi connectivity index (χ0n) is 17.9. The van der Waals surface area contributed by atoms with Crippen molar-refractivity contribution in [2.24, 2.45) is 0 Å². The molecule has 0 atom stereocenters. The molecule has 0 aliphatic heterocycles. The molecule has 0 nitrogen and oxygen atoms in total. The van der Waals surface area contributed by atoms with Gasteiger partial charge in [-0.1, -0.05) is 121 Å². The molecule has 4 aromatic rings. The third-order valence-electron chi connectivity index (χ3n) is 5.91. The molecule has 0 unspecified atom stereocenters. The van der Waals surface area contributed by atoms with E-state index in [0.29, 0.717) is 11.8 Å². The largest absolute Gasteiger partial charge is 0.162 e. The standard InChI is InChI=1S/C30H30S/c1-5-13-25(14-6-1)29(26-15-7-2-8-16-26)21-23-31-24-22-30(27-17-9-3-10-18-27)28-19-11-4-12-20-28/h1-20,29-30H,21-24H2. The van der Waals surface area contributed by atoms with Crippen LogP contribution < -0.4 is 0 Å². The minimum Gasteiger partial charge on any atom is -0.162 e. The van der Waals surface area contributed by atoms with Crippen LogP contribution in [-0.2, 0) is 0 Å². The third-order valence-corrected chi connectivity index (χ3v) is 6.96. The Bertz CT molecular complexity index is 833. The highest BCUT2D eigenvalue weighted by Crippen LogP contribution is 2.32. The van der Waals surface area contributed by atoms with Crippen molar-refractivity contribution in [3.63, 3.8) is 0 Å². The van der Waals surface area contributed by atoms with Gasteiger partial charge >= 0.3 is 0 Å². The van der Waals surface area contributed by atoms with Gasteiger partial charge in [0, 0.05) is 11.8 Å². The van der Waals surface area contributed by atoms with E-state index in [9.17, 15) is 0 Å². The van der Waals surface area contributed by atoms with Crippen molar-refractivity contribution >= 4 is 11.8 Å². The van der Waals surface area contributed by atoms with Crippen LogP contribution in [0.5, 0.6) is 0 Å². The molecule has 4 aromatic carbocycles. The minimum atomic E-state index is 0.467. The Morgan fingerprint density at radius 1 is 0.387 bits per heavy atom. The summed E-state index contributed by atoms with van der Waals surface area (Å²) < 4.78 is 0. The summed E-state index contributed by atoms with van der Waals surface area (Å²) in [5.74, 6) is 3.28. The number of hydrogen-bond donors (Lipinski definition) is 0. The van der Waals surface area contributed by atoms with Crippen LogP contribution in [-0.4, -0.2) is 11.5 Å². The molecule has 4 rings (SSSR count). The topological polar surface area (TPSA) is 0 Å². The number of thioether (sulfide) groups is 1. The molecule has 0 saturated carbocycles. The summed E-state index contributed by atoms with van der Waals surface area (Å²) in [5, 5.41) is 0. The smallest absolute Gasteiger partial charge is 0.00971 e. The summed E-state index contributed by atoms with van der Waals surface area (Å²) in [5.41, 5.74) is 5.67. The molecular formula is C30H30S. The second-order valence-electron chi connectivity index (χ2n) is 7.94. The molecule has 0 amide bonds. The van der Waals surface area contributed by atoms with Crippen molar-refractivity contribution < 1.29 is 0 Å². The van der Waals surface area contributed by atoms with E-state index in [1.807, 2.05) is 0 Å². The molecule has 0 bridgehead atoms. The molecule has 0 saturated heterocycles. The van der Waals surface area contributed by atoms with Gasteiger partial charge in [0.2, 0.25) is 0 Å². The Morgan fingerprint density at radius 2 is 0.645 bits per heavy atom. The van der Waals surface area contributed by atoms with Crippen molar-refractivity contribution in [1.82, 2.24) is 0 Å². The van der Waals surface area contributed by atoms with E-state index in [4.69, 9.17) is 0 Å². The minimum absolute atomic E-state index is 0.467. The van der Waals surface area contributed by atoms with E-state index in [1.165, 1.54) is 46.6 Å². The van der Waals surface area contributed by atoms with Crippen LogP contribution in [0.25, 0.3) is 0 Å². The van der Waals surface area contributed by atoms with Gasteiger partial charge in [-0.25, -0.2) is 0 Å². The first kappa shape index (κ1) is 21.5. The first-order valence-corrected chi connectivity index (χ1v) is 12.3. The Balaban J connectivity index is 1.37. The molecule has 1 heteroatoms. The van der Waals surface area contributed by atoms with Gasteiger partial charge in [0.15, 0.2) is 0 Å². The summed E-state index contributed by atoms with van der Waals surface area (Å²) >= 11 is 2.09. The monoisotopic (exact) mass is 422 g/mol. The molecule has 0 fully saturated rings. The van der Waals surface area contributed by atoms with Gasteiger partial charge in [0.25, 0.3) is 0 Å². The molecule has 0 N–H and O–H groups in total. The van der Waals surface area contributed by atoms with Crippen LogP contribution in [0, 0.1) is 0 Å². The zero-order valence-corrected chi connectivity index (χ0v) is 18.8. The second kappa shape index (κ2) is 11.6. The van der Waals surface area contributed by atoms with Crippen LogP contribution in [0.1, 0.15) is 46.9 Å². The third kappa shape index (κ3) is 6.12. The van der Waals surface area contributed by atoms with Crippen LogP contribution in [0.4, 0.5) is 0 Å². The number of rotatable bonds is 10. The average molecular weight is 423 g/mol. The van der Waals surface area contributed by atoms with Crippen LogP contribution in [0.2, 0.25) is 0 Å². The highest BCUT2D eigenvalue weighted by molar-refractivity contribution is 7.99. The van der Waals surface area contributed by atoms with Crippen molar-refractivity contribution in [1.29, 1.82) is 0 Å². The molecule has 0 aliphatic carbocycles. The van der Waals surface area contributed by atoms with Crippen LogP contribution in [0.15, 0.2) is 121 Å². The van der Waals surface area contributed by atoms with Crippen molar-refractivity contribution in [3.8, 4) is 0 Å². The predicted octanol–water partition coefficient (Wildman–Crippen LogP) is 8.16. The maximum Gasteiger partial charge on any atom is 0.00971 e. The molecule has 31 heavy (non-hydrogen) atoms. The summed E-state index contributed by atoms with van der Waals surface area (Å²) in [6.07, 6.45) is 2.33. The maximum absolute atomic E-state index is 2.27. The molecule has 0 aromatic heterocycles. The van der Waals surface area contributed by atoms with E-state index in [-0.39, 0.29) is 0 Å². The normalized spacial score (nSPS) is 11.2. The first-order chi connectivity index (χ1) is 15.4. The lowest BCUT2D eigenvalue weighted by molar-refractivity contribution is 0.773. The number of benzene rings is 4. The van der Waals surface area contributed by atoms with E-state index in [2.05, 4.69) is 133 Å². The summed E-state index contributed by atoms with van der Waals surface area (Å²) in [4.78, 5) is 0. The van der Waals surface area contributed by atoms with Crippen molar-refractivity contribution in [2.75, 3.05) is 11.5 Å². The van der Waals surface area contributed by atoms with Gasteiger partial charge in [0.1, 0.15) is 0 Å². The zero-order chi connectivity index (χ0) is 21.1. The predicted molar refractivity (Wildman–Crippen MR) is 136 cm³/mol. The highest BCUT2D eigenvalue weighted by Gasteiger charge is 2.15.